The fourth-order valence-electron chi connectivity index (χ4n) is 6.10. The predicted octanol–water partition coefficient (Wildman–Crippen LogP) is 3.07. The maximum atomic E-state index is 14.4. The summed E-state index contributed by atoms with van der Waals surface area (Å²) in [4.78, 5) is 44.8. The van der Waals surface area contributed by atoms with Crippen LogP contribution in [0.2, 0.25) is 0 Å². The van der Waals surface area contributed by atoms with Gasteiger partial charge in [0.25, 0.3) is 0 Å². The molecule has 1 spiro atoms. The molecule has 0 aliphatic carbocycles. The maximum Gasteiger partial charge on any atom is 0.312 e. The third kappa shape index (κ3) is 4.67. The number of nitrogens with zero attached hydrogens (tertiary/aromatic N) is 2. The lowest BCUT2D eigenvalue weighted by Crippen LogP contribution is -2.62. The number of halogens is 1. The van der Waals surface area contributed by atoms with E-state index in [9.17, 15) is 19.5 Å². The maximum absolute atomic E-state index is 14.4. The number of esters is 1. The van der Waals surface area contributed by atoms with Crippen molar-refractivity contribution >= 4 is 33.7 Å². The van der Waals surface area contributed by atoms with Crippen molar-refractivity contribution in [2.45, 2.75) is 88.0 Å². The first kappa shape index (κ1) is 28.9. The number of likely N-dealkylation sites (tertiary alicyclic amines) is 1. The van der Waals surface area contributed by atoms with Crippen LogP contribution in [0.1, 0.15) is 53.9 Å². The highest BCUT2D eigenvalue weighted by atomic mass is 79.9. The minimum absolute atomic E-state index is 0.0677. The van der Waals surface area contributed by atoms with E-state index >= 15 is 0 Å². The lowest BCUT2D eigenvalue weighted by atomic mass is 9.70. The average Bonchev–Trinajstić information content (AvgIpc) is 3.40. The molecule has 0 radical (unpaired) electrons. The molecule has 3 fully saturated rings. The number of aliphatic hydroxyl groups is 1. The third-order valence-electron chi connectivity index (χ3n) is 8.03. The Balaban J connectivity index is 2.14. The number of ether oxygens (including phenoxy) is 2. The lowest BCUT2D eigenvalue weighted by Gasteiger charge is -2.44. The molecule has 3 saturated heterocycles. The van der Waals surface area contributed by atoms with Gasteiger partial charge in [0.2, 0.25) is 11.8 Å². The van der Waals surface area contributed by atoms with Gasteiger partial charge >= 0.3 is 5.97 Å². The van der Waals surface area contributed by atoms with Crippen LogP contribution in [0.4, 0.5) is 0 Å². The Bertz CT molecular complexity index is 888. The first-order valence-electron chi connectivity index (χ1n) is 12.9. The number of carbonyl (C=O) groups is 3. The second kappa shape index (κ2) is 11.0. The molecule has 202 valence electrons. The summed E-state index contributed by atoms with van der Waals surface area (Å²) >= 11 is 3.67. The molecule has 8 nitrogen and oxygen atoms in total. The number of fused-ring (bicyclic) bond motifs is 1. The van der Waals surface area contributed by atoms with E-state index in [0.29, 0.717) is 25.8 Å². The summed E-state index contributed by atoms with van der Waals surface area (Å²) in [6.45, 7) is 17.4. The molecule has 9 heteroatoms. The Morgan fingerprint density at radius 2 is 2.03 bits per heavy atom. The van der Waals surface area contributed by atoms with Crippen molar-refractivity contribution in [3.05, 3.63) is 25.3 Å². The predicted molar refractivity (Wildman–Crippen MR) is 140 cm³/mol. The van der Waals surface area contributed by atoms with Gasteiger partial charge in [0.05, 0.1) is 37.2 Å². The summed E-state index contributed by atoms with van der Waals surface area (Å²) in [5, 5.41) is 10.4. The van der Waals surface area contributed by atoms with E-state index < -0.39 is 47.1 Å². The van der Waals surface area contributed by atoms with Gasteiger partial charge in [0.1, 0.15) is 11.6 Å². The zero-order valence-corrected chi connectivity index (χ0v) is 23.7. The number of alkyl halides is 1. The third-order valence-corrected chi connectivity index (χ3v) is 8.88. The number of hydrogen-bond donors (Lipinski definition) is 1. The van der Waals surface area contributed by atoms with Crippen LogP contribution in [-0.4, -0.2) is 86.6 Å². The van der Waals surface area contributed by atoms with Crippen molar-refractivity contribution in [3.63, 3.8) is 0 Å². The van der Waals surface area contributed by atoms with Crippen LogP contribution in [0, 0.1) is 17.8 Å². The monoisotopic (exact) mass is 568 g/mol. The Labute approximate surface area is 223 Å². The van der Waals surface area contributed by atoms with Gasteiger partial charge in [-0.15, -0.1) is 13.2 Å². The van der Waals surface area contributed by atoms with E-state index in [1.54, 1.807) is 17.1 Å². The normalized spacial score (nSPS) is 32.7. The highest BCUT2D eigenvalue weighted by molar-refractivity contribution is 9.09. The van der Waals surface area contributed by atoms with E-state index in [-0.39, 0.29) is 35.8 Å². The minimum Gasteiger partial charge on any atom is -0.465 e. The molecule has 0 aromatic carbocycles. The van der Waals surface area contributed by atoms with Crippen molar-refractivity contribution in [2.75, 3.05) is 19.8 Å². The molecule has 3 unspecified atom stereocenters. The summed E-state index contributed by atoms with van der Waals surface area (Å²) in [6.07, 6.45) is 4.36. The number of rotatable bonds is 11. The molecule has 0 saturated carbocycles. The van der Waals surface area contributed by atoms with Gasteiger partial charge in [0, 0.05) is 16.9 Å². The van der Waals surface area contributed by atoms with E-state index in [4.69, 9.17) is 9.47 Å². The van der Waals surface area contributed by atoms with Crippen molar-refractivity contribution < 1.29 is 29.0 Å². The largest absolute Gasteiger partial charge is 0.465 e. The highest BCUT2D eigenvalue weighted by Gasteiger charge is 2.77. The lowest BCUT2D eigenvalue weighted by molar-refractivity contribution is -0.158. The van der Waals surface area contributed by atoms with Crippen molar-refractivity contribution in [2.24, 2.45) is 17.8 Å². The molecular weight excluding hydrogens is 528 g/mol. The molecule has 0 aromatic heterocycles. The molecular formula is C27H41BrN2O6. The summed E-state index contributed by atoms with van der Waals surface area (Å²) in [7, 11) is 0. The van der Waals surface area contributed by atoms with Crippen molar-refractivity contribution in [1.82, 2.24) is 9.80 Å². The standard InChI is InChI=1S/C27H41BrN2O6/c1-8-11-13-35-25(34)19-20-23(32)30(18(15-31)16(4)10-3)22(27(20)14-17(28)21(19)36-27)24(33)29(12-9-2)26(5,6)7/h8-9,16-22,31H,1-2,10-15H2,3-7H3/t16-,17?,18-,19+,20-,21+,22?,27?/m0/s1. The fraction of sp³-hybridized carbons (Fsp3) is 0.741. The smallest absolute Gasteiger partial charge is 0.312 e. The zero-order valence-electron chi connectivity index (χ0n) is 22.1. The molecule has 3 aliphatic heterocycles. The Kier molecular flexibility index (Phi) is 8.78. The van der Waals surface area contributed by atoms with E-state index in [1.807, 2.05) is 34.6 Å². The van der Waals surface area contributed by atoms with Gasteiger partial charge in [-0.3, -0.25) is 14.4 Å². The number of amides is 2. The van der Waals surface area contributed by atoms with Gasteiger partial charge in [0.15, 0.2) is 0 Å². The molecule has 36 heavy (non-hydrogen) atoms. The van der Waals surface area contributed by atoms with Gasteiger partial charge in [-0.2, -0.15) is 0 Å². The van der Waals surface area contributed by atoms with Crippen molar-refractivity contribution in [3.8, 4) is 0 Å². The topological polar surface area (TPSA) is 96.4 Å². The van der Waals surface area contributed by atoms with Crippen LogP contribution < -0.4 is 0 Å². The van der Waals surface area contributed by atoms with Gasteiger partial charge in [-0.25, -0.2) is 0 Å². The summed E-state index contributed by atoms with van der Waals surface area (Å²) in [5.74, 6) is -2.84. The van der Waals surface area contributed by atoms with Crippen molar-refractivity contribution in [1.29, 1.82) is 0 Å². The van der Waals surface area contributed by atoms with Crippen LogP contribution in [0.25, 0.3) is 0 Å². The average molecular weight is 570 g/mol. The van der Waals surface area contributed by atoms with E-state index in [1.165, 1.54) is 4.90 Å². The van der Waals surface area contributed by atoms with E-state index in [2.05, 4.69) is 29.1 Å². The summed E-state index contributed by atoms with van der Waals surface area (Å²) in [6, 6.07) is -1.56. The highest BCUT2D eigenvalue weighted by Crippen LogP contribution is 2.61. The summed E-state index contributed by atoms with van der Waals surface area (Å²) < 4.78 is 12.0. The van der Waals surface area contributed by atoms with Gasteiger partial charge in [-0.05, 0) is 39.5 Å². The second-order valence-electron chi connectivity index (χ2n) is 11.2. The fourth-order valence-corrected chi connectivity index (χ4v) is 7.04. The molecule has 3 aliphatic rings. The van der Waals surface area contributed by atoms with E-state index in [0.717, 1.165) is 0 Å². The van der Waals surface area contributed by atoms with Crippen LogP contribution in [0.15, 0.2) is 25.3 Å². The summed E-state index contributed by atoms with van der Waals surface area (Å²) in [5.41, 5.74) is -1.74. The Hall–Kier alpha value is -1.71. The number of aliphatic hydroxyl groups excluding tert-OH is 1. The zero-order chi connectivity index (χ0) is 27.0. The molecule has 1 N–H and O–H groups in total. The first-order valence-corrected chi connectivity index (χ1v) is 13.8. The Morgan fingerprint density at radius 1 is 1.36 bits per heavy atom. The molecule has 0 aromatic rings. The number of hydrogen-bond acceptors (Lipinski definition) is 6. The SMILES string of the molecule is C=CCCOC(=O)[C@H]1[C@@H]2OC3(CC2Br)C(C(=O)N(CC=C)C(C)(C)C)N([C@@H](CO)[C@@H](C)CC)C(=O)[C@H]13. The molecule has 3 heterocycles. The van der Waals surface area contributed by atoms with Gasteiger partial charge < -0.3 is 24.4 Å². The number of carbonyl (C=O) groups excluding carboxylic acids is 3. The van der Waals surface area contributed by atoms with Crippen LogP contribution in [0.5, 0.6) is 0 Å². The minimum atomic E-state index is -1.19. The molecule has 3 rings (SSSR count). The van der Waals surface area contributed by atoms with Crippen LogP contribution >= 0.6 is 15.9 Å². The van der Waals surface area contributed by atoms with Crippen LogP contribution in [0.3, 0.4) is 0 Å². The van der Waals surface area contributed by atoms with Gasteiger partial charge in [-0.1, -0.05) is 48.4 Å². The molecule has 2 bridgehead atoms. The Morgan fingerprint density at radius 3 is 2.56 bits per heavy atom. The second-order valence-corrected chi connectivity index (χ2v) is 12.4. The molecule has 2 amide bonds. The first-order chi connectivity index (χ1) is 16.9. The molecule has 8 atom stereocenters. The quantitative estimate of drug-likeness (QED) is 0.178. The van der Waals surface area contributed by atoms with Crippen LogP contribution in [-0.2, 0) is 23.9 Å².